The molecule has 0 amide bonds. The molecule has 0 atom stereocenters. The molecule has 0 aliphatic carbocycles. The molecule has 3 heterocycles. The van der Waals surface area contributed by atoms with Crippen molar-refractivity contribution < 1.29 is 0 Å². The Labute approximate surface area is 417 Å². The summed E-state index contributed by atoms with van der Waals surface area (Å²) in [4.78, 5) is 9.83. The van der Waals surface area contributed by atoms with Crippen LogP contribution in [0.2, 0.25) is 0 Å². The van der Waals surface area contributed by atoms with E-state index in [-0.39, 0.29) is 0 Å². The lowest BCUT2D eigenvalue weighted by molar-refractivity contribution is 1.18. The van der Waals surface area contributed by atoms with Gasteiger partial charge < -0.3 is 9.13 Å². The Bertz CT molecular complexity index is 4160. The quantitative estimate of drug-likeness (QED) is 0.156. The average Bonchev–Trinajstić information content (AvgIpc) is 3.91. The largest absolute Gasteiger partial charge is 0.309 e. The zero-order chi connectivity index (χ0) is 48.2. The van der Waals surface area contributed by atoms with Crippen molar-refractivity contribution in [3.05, 3.63) is 241 Å². The fourth-order valence-electron chi connectivity index (χ4n) is 11.5. The molecule has 0 spiro atoms. The van der Waals surface area contributed by atoms with E-state index in [1.807, 2.05) is 0 Å². The molecule has 0 fully saturated rings. The van der Waals surface area contributed by atoms with Crippen molar-refractivity contribution in [2.75, 3.05) is 0 Å². The van der Waals surface area contributed by atoms with Gasteiger partial charge in [0.05, 0.1) is 33.1 Å². The first-order valence-electron chi connectivity index (χ1n) is 24.9. The number of hydrogen-bond acceptors (Lipinski definition) is 2. The van der Waals surface area contributed by atoms with Gasteiger partial charge in [-0.05, 0) is 180 Å². The molecular weight excluding hydrogens is 873 g/mol. The van der Waals surface area contributed by atoms with Crippen LogP contribution in [0, 0.1) is 27.7 Å². The van der Waals surface area contributed by atoms with Crippen LogP contribution >= 0.6 is 0 Å². The minimum atomic E-state index is 0.913. The van der Waals surface area contributed by atoms with Gasteiger partial charge in [0.2, 0.25) is 0 Å². The van der Waals surface area contributed by atoms with Crippen molar-refractivity contribution >= 4 is 76.2 Å². The van der Waals surface area contributed by atoms with Gasteiger partial charge in [0.1, 0.15) is 0 Å². The number of hydrogen-bond donors (Lipinski definition) is 0. The zero-order valence-corrected chi connectivity index (χ0v) is 40.6. The summed E-state index contributed by atoms with van der Waals surface area (Å²) in [7, 11) is 0. The number of aromatic nitrogens is 4. The number of fused-ring (bicyclic) bond motifs is 12. The maximum Gasteiger partial charge on any atom is 0.0971 e. The van der Waals surface area contributed by atoms with E-state index in [0.717, 1.165) is 66.2 Å². The van der Waals surface area contributed by atoms with Gasteiger partial charge in [0.15, 0.2) is 0 Å². The second-order valence-electron chi connectivity index (χ2n) is 19.8. The Morgan fingerprint density at radius 2 is 0.556 bits per heavy atom. The molecule has 0 N–H and O–H groups in total. The first-order valence-corrected chi connectivity index (χ1v) is 24.9. The third-order valence-electron chi connectivity index (χ3n) is 15.0. The highest BCUT2D eigenvalue weighted by Gasteiger charge is 2.18. The van der Waals surface area contributed by atoms with Gasteiger partial charge >= 0.3 is 0 Å². The van der Waals surface area contributed by atoms with Crippen molar-refractivity contribution in [1.29, 1.82) is 0 Å². The Balaban J connectivity index is 0.856. The first-order chi connectivity index (χ1) is 35.3. The highest BCUT2D eigenvalue weighted by molar-refractivity contribution is 6.24. The fraction of sp³-hybridized carbons (Fsp3) is 0.0588. The van der Waals surface area contributed by atoms with E-state index in [4.69, 9.17) is 9.97 Å². The molecule has 72 heavy (non-hydrogen) atoms. The summed E-state index contributed by atoms with van der Waals surface area (Å²) in [6, 6.07) is 76.7. The maximum absolute atomic E-state index is 4.92. The lowest BCUT2D eigenvalue weighted by Crippen LogP contribution is -1.94. The molecule has 0 bridgehead atoms. The summed E-state index contributed by atoms with van der Waals surface area (Å²) in [6.45, 7) is 8.69. The van der Waals surface area contributed by atoms with Crippen LogP contribution in [0.25, 0.3) is 132 Å². The van der Waals surface area contributed by atoms with E-state index in [1.54, 1.807) is 12.4 Å². The molecule has 340 valence electrons. The second-order valence-corrected chi connectivity index (χ2v) is 19.8. The highest BCUT2D eigenvalue weighted by atomic mass is 15.0. The smallest absolute Gasteiger partial charge is 0.0971 e. The van der Waals surface area contributed by atoms with Crippen LogP contribution in [-0.4, -0.2) is 19.1 Å². The average molecular weight is 921 g/mol. The maximum atomic E-state index is 4.92. The number of aryl methyl sites for hydroxylation is 4. The lowest BCUT2D eigenvalue weighted by atomic mass is 9.92. The second kappa shape index (κ2) is 16.2. The normalized spacial score (nSPS) is 11.9. The Kier molecular flexibility index (Phi) is 9.43. The van der Waals surface area contributed by atoms with Crippen molar-refractivity contribution in [3.63, 3.8) is 0 Å². The fourth-order valence-corrected chi connectivity index (χ4v) is 11.5. The van der Waals surface area contributed by atoms with E-state index < -0.39 is 0 Å². The molecule has 0 saturated heterocycles. The van der Waals surface area contributed by atoms with Crippen molar-refractivity contribution in [1.82, 2.24) is 19.1 Å². The van der Waals surface area contributed by atoms with Crippen LogP contribution in [0.1, 0.15) is 22.3 Å². The zero-order valence-electron chi connectivity index (χ0n) is 40.6. The summed E-state index contributed by atoms with van der Waals surface area (Å²) in [5.41, 5.74) is 23.4. The molecule has 4 heteroatoms. The number of rotatable bonds is 6. The summed E-state index contributed by atoms with van der Waals surface area (Å²) in [5.74, 6) is 0. The summed E-state index contributed by atoms with van der Waals surface area (Å²) in [5, 5.41) is 9.63. The highest BCUT2D eigenvalue weighted by Crippen LogP contribution is 2.41. The molecule has 0 radical (unpaired) electrons. The molecule has 4 nitrogen and oxygen atoms in total. The van der Waals surface area contributed by atoms with Crippen LogP contribution < -0.4 is 0 Å². The summed E-state index contributed by atoms with van der Waals surface area (Å²) < 4.78 is 4.82. The molecule has 14 aromatic rings. The van der Waals surface area contributed by atoms with E-state index in [1.165, 1.54) is 88.1 Å². The van der Waals surface area contributed by atoms with Gasteiger partial charge in [-0.2, -0.15) is 0 Å². The van der Waals surface area contributed by atoms with E-state index in [0.29, 0.717) is 0 Å². The van der Waals surface area contributed by atoms with Gasteiger partial charge in [-0.15, -0.1) is 0 Å². The summed E-state index contributed by atoms with van der Waals surface area (Å²) >= 11 is 0. The lowest BCUT2D eigenvalue weighted by Gasteiger charge is -2.14. The van der Waals surface area contributed by atoms with Crippen molar-refractivity contribution in [2.24, 2.45) is 0 Å². The van der Waals surface area contributed by atoms with Gasteiger partial charge in [-0.1, -0.05) is 131 Å². The molecule has 0 saturated carbocycles. The minimum absolute atomic E-state index is 0.913. The molecule has 0 aliphatic rings. The predicted molar refractivity (Wildman–Crippen MR) is 304 cm³/mol. The van der Waals surface area contributed by atoms with E-state index in [9.17, 15) is 0 Å². The Hall–Kier alpha value is -9.12. The van der Waals surface area contributed by atoms with Crippen LogP contribution in [0.5, 0.6) is 0 Å². The number of nitrogens with zero attached hydrogens (tertiary/aromatic N) is 4. The molecule has 3 aromatic heterocycles. The summed E-state index contributed by atoms with van der Waals surface area (Å²) in [6.07, 6.45) is 3.61. The predicted octanol–water partition coefficient (Wildman–Crippen LogP) is 18.0. The van der Waals surface area contributed by atoms with Gasteiger partial charge in [-0.3, -0.25) is 9.97 Å². The van der Waals surface area contributed by atoms with Crippen LogP contribution in [-0.2, 0) is 0 Å². The SMILES string of the molecule is Cc1ccc2c(c1)c1cc(C)ccc1n2-c1cccc(-c2cccc(-c3ccc4c(c3)c3cc(-c5cccc(-c6cccc(-n7c8ccc(C)cc8c8cc(C)ccc87)c6)c5)ccc3c3nccnc43)c2)c1. The standard InChI is InChI=1S/C68H48N4/c1-41-17-25-63-59(31-41)60-32-42(2)18-26-64(60)71(63)53-15-7-13-49(37-53)45-9-5-11-47(35-45)51-21-23-55-57(39-51)58-40-52(22-24-56(58)68-67(55)69-29-30-70-68)48-12-6-10-46(36-48)50-14-8-16-54(38-50)72-65-27-19-43(3)33-61(65)62-34-44(4)20-28-66(62)72/h5-40H,1-4H3. The van der Waals surface area contributed by atoms with Crippen molar-refractivity contribution in [2.45, 2.75) is 27.7 Å². The molecular formula is C68H48N4. The minimum Gasteiger partial charge on any atom is -0.309 e. The van der Waals surface area contributed by atoms with Crippen LogP contribution in [0.3, 0.4) is 0 Å². The topological polar surface area (TPSA) is 35.6 Å². The molecule has 0 aliphatic heterocycles. The van der Waals surface area contributed by atoms with Crippen LogP contribution in [0.15, 0.2) is 219 Å². The van der Waals surface area contributed by atoms with Crippen molar-refractivity contribution in [3.8, 4) is 55.9 Å². The molecule has 14 rings (SSSR count). The third kappa shape index (κ3) is 6.75. The molecule has 0 unspecified atom stereocenters. The Morgan fingerprint density at radius 3 is 0.903 bits per heavy atom. The van der Waals surface area contributed by atoms with Gasteiger partial charge in [0.25, 0.3) is 0 Å². The molecule has 11 aromatic carbocycles. The van der Waals surface area contributed by atoms with E-state index >= 15 is 0 Å². The first kappa shape index (κ1) is 41.8. The Morgan fingerprint density at radius 1 is 0.250 bits per heavy atom. The number of benzene rings is 11. The third-order valence-corrected chi connectivity index (χ3v) is 15.0. The van der Waals surface area contributed by atoms with Gasteiger partial charge in [-0.25, -0.2) is 0 Å². The van der Waals surface area contributed by atoms with Gasteiger partial charge in [0, 0.05) is 56.1 Å². The van der Waals surface area contributed by atoms with Crippen LogP contribution in [0.4, 0.5) is 0 Å². The van der Waals surface area contributed by atoms with E-state index in [2.05, 4.69) is 243 Å². The monoisotopic (exact) mass is 920 g/mol.